The number of halogens is 3. The van der Waals surface area contributed by atoms with Crippen LogP contribution < -0.4 is 5.32 Å². The van der Waals surface area contributed by atoms with Crippen LogP contribution in [0.25, 0.3) is 16.9 Å². The Morgan fingerprint density at radius 3 is 2.44 bits per heavy atom. The molecule has 4 aromatic rings. The molecule has 1 amide bonds. The number of carboxylic acid groups (broad SMARTS) is 1. The third-order valence-corrected chi connectivity index (χ3v) is 5.89. The van der Waals surface area contributed by atoms with Crippen LogP contribution in [-0.2, 0) is 11.3 Å². The van der Waals surface area contributed by atoms with Gasteiger partial charge < -0.3 is 14.8 Å². The lowest BCUT2D eigenvalue weighted by atomic mass is 10.2. The fraction of sp³-hybridized carbons (Fsp3) is 0.280. The standard InChI is InChI=1S/C23H23N5O.C2HF3O2/c29-23(25-16-17-7-3-5-12-24-17)19-15-22(27-13-6-4-10-21(19)27)20-11-14-28(26-20)18-8-1-2-9-18;3-2(4,5)1(6)7/h3-7,10-15,18H,1-2,8-9,16H2,(H,25,29);(H,6,7). The number of nitrogens with zero attached hydrogens (tertiary/aromatic N) is 4. The molecular formula is C25H24F3N5O3. The number of hydrogen-bond donors (Lipinski definition) is 2. The minimum Gasteiger partial charge on any atom is -0.475 e. The summed E-state index contributed by atoms with van der Waals surface area (Å²) in [5.41, 5.74) is 4.17. The quantitative estimate of drug-likeness (QED) is 0.408. The van der Waals surface area contributed by atoms with Crippen molar-refractivity contribution in [2.75, 3.05) is 0 Å². The molecule has 1 aliphatic carbocycles. The van der Waals surface area contributed by atoms with E-state index in [2.05, 4.69) is 21.2 Å². The number of rotatable bonds is 5. The van der Waals surface area contributed by atoms with Crippen LogP contribution >= 0.6 is 0 Å². The van der Waals surface area contributed by atoms with Gasteiger partial charge in [-0.1, -0.05) is 25.0 Å². The minimum absolute atomic E-state index is 0.110. The molecule has 0 aromatic carbocycles. The maximum absolute atomic E-state index is 12.9. The zero-order valence-electron chi connectivity index (χ0n) is 19.2. The van der Waals surface area contributed by atoms with E-state index in [1.807, 2.05) is 59.1 Å². The van der Waals surface area contributed by atoms with E-state index in [9.17, 15) is 18.0 Å². The smallest absolute Gasteiger partial charge is 0.475 e. The Labute approximate surface area is 204 Å². The van der Waals surface area contributed by atoms with E-state index in [1.54, 1.807) is 6.20 Å². The van der Waals surface area contributed by atoms with Gasteiger partial charge in [0.25, 0.3) is 5.91 Å². The van der Waals surface area contributed by atoms with Gasteiger partial charge in [0.2, 0.25) is 0 Å². The maximum Gasteiger partial charge on any atom is 0.490 e. The molecule has 8 nitrogen and oxygen atoms in total. The molecule has 5 rings (SSSR count). The number of hydrogen-bond acceptors (Lipinski definition) is 4. The van der Waals surface area contributed by atoms with Crippen molar-refractivity contribution in [3.63, 3.8) is 0 Å². The molecule has 11 heteroatoms. The lowest BCUT2D eigenvalue weighted by Gasteiger charge is -2.08. The summed E-state index contributed by atoms with van der Waals surface area (Å²) in [7, 11) is 0. The molecule has 0 bridgehead atoms. The molecule has 0 radical (unpaired) electrons. The van der Waals surface area contributed by atoms with Crippen LogP contribution in [0.5, 0.6) is 0 Å². The number of amides is 1. The highest BCUT2D eigenvalue weighted by atomic mass is 19.4. The van der Waals surface area contributed by atoms with Crippen LogP contribution in [0.15, 0.2) is 67.1 Å². The third-order valence-electron chi connectivity index (χ3n) is 5.89. The van der Waals surface area contributed by atoms with E-state index in [0.29, 0.717) is 18.2 Å². The van der Waals surface area contributed by atoms with Crippen LogP contribution in [0.2, 0.25) is 0 Å². The third kappa shape index (κ3) is 5.73. The van der Waals surface area contributed by atoms with Crippen molar-refractivity contribution in [1.82, 2.24) is 24.5 Å². The summed E-state index contributed by atoms with van der Waals surface area (Å²) in [6.45, 7) is 0.398. The highest BCUT2D eigenvalue weighted by Crippen LogP contribution is 2.31. The highest BCUT2D eigenvalue weighted by molar-refractivity contribution is 6.02. The Morgan fingerprint density at radius 2 is 1.78 bits per heavy atom. The van der Waals surface area contributed by atoms with Crippen molar-refractivity contribution >= 4 is 17.4 Å². The molecule has 0 aliphatic heterocycles. The van der Waals surface area contributed by atoms with Crippen LogP contribution in [0.4, 0.5) is 13.2 Å². The number of fused-ring (bicyclic) bond motifs is 1. The fourth-order valence-corrected chi connectivity index (χ4v) is 4.15. The average Bonchev–Trinajstić information content (AvgIpc) is 3.62. The van der Waals surface area contributed by atoms with Gasteiger partial charge in [0, 0.05) is 18.6 Å². The number of alkyl halides is 3. The van der Waals surface area contributed by atoms with Crippen molar-refractivity contribution in [1.29, 1.82) is 0 Å². The van der Waals surface area contributed by atoms with Crippen molar-refractivity contribution in [3.8, 4) is 11.4 Å². The monoisotopic (exact) mass is 499 g/mol. The van der Waals surface area contributed by atoms with Gasteiger partial charge >= 0.3 is 12.1 Å². The molecule has 0 atom stereocenters. The Morgan fingerprint density at radius 1 is 1.06 bits per heavy atom. The van der Waals surface area contributed by atoms with Gasteiger partial charge in [-0.3, -0.25) is 14.5 Å². The number of pyridine rings is 2. The predicted octanol–water partition coefficient (Wildman–Crippen LogP) is 4.88. The summed E-state index contributed by atoms with van der Waals surface area (Å²) in [6, 6.07) is 16.0. The molecule has 1 aliphatic rings. The number of carbonyl (C=O) groups is 2. The summed E-state index contributed by atoms with van der Waals surface area (Å²) in [5, 5.41) is 14.9. The van der Waals surface area contributed by atoms with Gasteiger partial charge in [0.1, 0.15) is 5.69 Å². The minimum atomic E-state index is -5.08. The molecule has 2 N–H and O–H groups in total. The molecule has 0 unspecified atom stereocenters. The highest BCUT2D eigenvalue weighted by Gasteiger charge is 2.38. The van der Waals surface area contributed by atoms with E-state index in [-0.39, 0.29) is 5.91 Å². The number of nitrogens with one attached hydrogen (secondary N) is 1. The molecular weight excluding hydrogens is 475 g/mol. The van der Waals surface area contributed by atoms with E-state index >= 15 is 0 Å². The zero-order valence-corrected chi connectivity index (χ0v) is 19.2. The second-order valence-corrected chi connectivity index (χ2v) is 8.33. The summed E-state index contributed by atoms with van der Waals surface area (Å²) in [6.07, 6.45) is 5.62. The van der Waals surface area contributed by atoms with Gasteiger partial charge in [0.05, 0.1) is 35.1 Å². The van der Waals surface area contributed by atoms with E-state index < -0.39 is 12.1 Å². The molecule has 36 heavy (non-hydrogen) atoms. The summed E-state index contributed by atoms with van der Waals surface area (Å²) >= 11 is 0. The second kappa shape index (κ2) is 10.6. The first-order valence-corrected chi connectivity index (χ1v) is 11.4. The van der Waals surface area contributed by atoms with E-state index in [0.717, 1.165) is 22.6 Å². The molecule has 4 heterocycles. The van der Waals surface area contributed by atoms with Crippen LogP contribution in [-0.4, -0.2) is 42.3 Å². The SMILES string of the molecule is O=C(NCc1ccccn1)c1cc(-c2ccn(C3CCCC3)n2)n2ccccc12.O=C(O)C(F)(F)F. The Kier molecular flexibility index (Phi) is 7.37. The van der Waals surface area contributed by atoms with Crippen molar-refractivity contribution in [2.45, 2.75) is 44.4 Å². The van der Waals surface area contributed by atoms with Crippen LogP contribution in [0, 0.1) is 0 Å². The molecule has 1 fully saturated rings. The van der Waals surface area contributed by atoms with Crippen molar-refractivity contribution < 1.29 is 27.9 Å². The Bertz CT molecular complexity index is 1340. The summed E-state index contributed by atoms with van der Waals surface area (Å²) in [5.74, 6) is -2.87. The van der Waals surface area contributed by atoms with Gasteiger partial charge in [-0.2, -0.15) is 18.3 Å². The lowest BCUT2D eigenvalue weighted by molar-refractivity contribution is -0.192. The predicted molar refractivity (Wildman–Crippen MR) is 125 cm³/mol. The normalized spacial score (nSPS) is 13.9. The first kappa shape index (κ1) is 25.0. The van der Waals surface area contributed by atoms with E-state index in [1.165, 1.54) is 25.7 Å². The van der Waals surface area contributed by atoms with Gasteiger partial charge in [-0.05, 0) is 49.2 Å². The summed E-state index contributed by atoms with van der Waals surface area (Å²) in [4.78, 5) is 26.1. The van der Waals surface area contributed by atoms with Crippen LogP contribution in [0.3, 0.4) is 0 Å². The Hall–Kier alpha value is -4.15. The van der Waals surface area contributed by atoms with Crippen LogP contribution in [0.1, 0.15) is 47.8 Å². The average molecular weight is 499 g/mol. The lowest BCUT2D eigenvalue weighted by Crippen LogP contribution is -2.23. The molecule has 188 valence electrons. The maximum atomic E-state index is 12.9. The van der Waals surface area contributed by atoms with Gasteiger partial charge in [0.15, 0.2) is 0 Å². The second-order valence-electron chi connectivity index (χ2n) is 8.33. The first-order chi connectivity index (χ1) is 17.2. The number of aromatic nitrogens is 4. The first-order valence-electron chi connectivity index (χ1n) is 11.4. The van der Waals surface area contributed by atoms with Gasteiger partial charge in [-0.25, -0.2) is 4.79 Å². The molecule has 4 aromatic heterocycles. The fourth-order valence-electron chi connectivity index (χ4n) is 4.15. The molecule has 0 spiro atoms. The molecule has 1 saturated carbocycles. The van der Waals surface area contributed by atoms with E-state index in [4.69, 9.17) is 15.0 Å². The number of carbonyl (C=O) groups excluding carboxylic acids is 1. The summed E-state index contributed by atoms with van der Waals surface area (Å²) < 4.78 is 35.9. The number of aliphatic carboxylic acids is 1. The van der Waals surface area contributed by atoms with Crippen molar-refractivity contribution in [2.24, 2.45) is 0 Å². The van der Waals surface area contributed by atoms with Gasteiger partial charge in [-0.15, -0.1) is 0 Å². The largest absolute Gasteiger partial charge is 0.490 e. The van der Waals surface area contributed by atoms with Crippen molar-refractivity contribution in [3.05, 3.63) is 78.4 Å². The molecule has 0 saturated heterocycles. The topological polar surface area (TPSA) is 102 Å². The zero-order chi connectivity index (χ0) is 25.7. The Balaban J connectivity index is 0.000000384. The number of carboxylic acids is 1.